The van der Waals surface area contributed by atoms with Crippen LogP contribution in [0.3, 0.4) is 0 Å². The number of piperazine rings is 1. The molecule has 1 aliphatic rings. The van der Waals surface area contributed by atoms with Crippen LogP contribution in [0.5, 0.6) is 0 Å². The molecule has 1 atom stereocenters. The zero-order chi connectivity index (χ0) is 20.7. The average Bonchev–Trinajstić information content (AvgIpc) is 2.61. The van der Waals surface area contributed by atoms with E-state index in [0.717, 1.165) is 16.6 Å². The fourth-order valence-corrected chi connectivity index (χ4v) is 5.15. The number of benzene rings is 2. The Kier molecular flexibility index (Phi) is 5.75. The highest BCUT2D eigenvalue weighted by Gasteiger charge is 2.38. The Bertz CT molecular complexity index is 965. The summed E-state index contributed by atoms with van der Waals surface area (Å²) in [4.78, 5) is 1.56. The van der Waals surface area contributed by atoms with Crippen molar-refractivity contribution in [3.8, 4) is 0 Å². The van der Waals surface area contributed by atoms with Crippen LogP contribution >= 0.6 is 15.9 Å². The maximum atomic E-state index is 13.3. The smallest absolute Gasteiger partial charge is 0.368 e. The van der Waals surface area contributed by atoms with Gasteiger partial charge in [0.05, 0.1) is 10.5 Å². The molecule has 0 radical (unpaired) electrons. The molecule has 2 aromatic rings. The Morgan fingerprint density at radius 2 is 1.71 bits per heavy atom. The van der Waals surface area contributed by atoms with Gasteiger partial charge in [0.25, 0.3) is 0 Å². The van der Waals surface area contributed by atoms with Gasteiger partial charge in [-0.2, -0.15) is 17.5 Å². The number of hydrogen-bond acceptors (Lipinski definition) is 3. The van der Waals surface area contributed by atoms with Gasteiger partial charge in [0.2, 0.25) is 10.0 Å². The maximum Gasteiger partial charge on any atom is 0.418 e. The number of halogens is 5. The number of nitrogens with zero attached hydrogens (tertiary/aromatic N) is 2. The minimum atomic E-state index is -4.71. The van der Waals surface area contributed by atoms with Crippen LogP contribution in [0.25, 0.3) is 0 Å². The lowest BCUT2D eigenvalue weighted by atomic mass is 10.1. The van der Waals surface area contributed by atoms with Crippen LogP contribution < -0.4 is 4.90 Å². The summed E-state index contributed by atoms with van der Waals surface area (Å²) in [6.45, 7) is 1.78. The minimum Gasteiger partial charge on any atom is -0.368 e. The Labute approximate surface area is 168 Å². The average molecular weight is 481 g/mol. The van der Waals surface area contributed by atoms with Crippen LogP contribution in [-0.2, 0) is 16.2 Å². The van der Waals surface area contributed by atoms with Gasteiger partial charge >= 0.3 is 6.18 Å². The summed E-state index contributed by atoms with van der Waals surface area (Å²) in [5.74, 6) is -0.972. The lowest BCUT2D eigenvalue weighted by Gasteiger charge is -2.40. The topological polar surface area (TPSA) is 40.6 Å². The van der Waals surface area contributed by atoms with E-state index in [1.165, 1.54) is 21.3 Å². The second-order valence-corrected chi connectivity index (χ2v) is 9.33. The predicted molar refractivity (Wildman–Crippen MR) is 101 cm³/mol. The van der Waals surface area contributed by atoms with Crippen molar-refractivity contribution >= 4 is 31.6 Å². The third kappa shape index (κ3) is 4.18. The molecule has 0 aromatic heterocycles. The lowest BCUT2D eigenvalue weighted by Crippen LogP contribution is -2.54. The predicted octanol–water partition coefficient (Wildman–Crippen LogP) is 4.51. The first-order valence-electron chi connectivity index (χ1n) is 8.39. The number of rotatable bonds is 3. The van der Waals surface area contributed by atoms with Crippen LogP contribution in [-0.4, -0.2) is 38.4 Å². The van der Waals surface area contributed by atoms with E-state index in [2.05, 4.69) is 15.9 Å². The molecular weight excluding hydrogens is 464 g/mol. The first kappa shape index (κ1) is 21.1. The summed E-state index contributed by atoms with van der Waals surface area (Å²) < 4.78 is 81.0. The maximum absolute atomic E-state index is 13.3. The summed E-state index contributed by atoms with van der Waals surface area (Å²) in [7, 11) is -3.78. The highest BCUT2D eigenvalue weighted by atomic mass is 79.9. The Balaban J connectivity index is 1.86. The molecule has 10 heteroatoms. The van der Waals surface area contributed by atoms with Gasteiger partial charge in [-0.25, -0.2) is 12.8 Å². The summed E-state index contributed by atoms with van der Waals surface area (Å²) in [6.07, 6.45) is -4.71. The van der Waals surface area contributed by atoms with Crippen molar-refractivity contribution in [2.24, 2.45) is 0 Å². The van der Waals surface area contributed by atoms with Crippen molar-refractivity contribution in [2.75, 3.05) is 24.5 Å². The molecular formula is C18H17BrF4N2O2S. The van der Waals surface area contributed by atoms with Gasteiger partial charge in [-0.1, -0.05) is 15.9 Å². The molecule has 4 nitrogen and oxygen atoms in total. The largest absolute Gasteiger partial charge is 0.418 e. The fourth-order valence-electron chi connectivity index (χ4n) is 3.27. The Morgan fingerprint density at radius 1 is 1.07 bits per heavy atom. The zero-order valence-electron chi connectivity index (χ0n) is 14.7. The van der Waals surface area contributed by atoms with Crippen molar-refractivity contribution in [3.63, 3.8) is 0 Å². The number of alkyl halides is 3. The molecule has 2 aromatic carbocycles. The van der Waals surface area contributed by atoms with Crippen molar-refractivity contribution in [1.82, 2.24) is 4.31 Å². The quantitative estimate of drug-likeness (QED) is 0.607. The van der Waals surface area contributed by atoms with E-state index in [9.17, 15) is 26.0 Å². The van der Waals surface area contributed by atoms with E-state index in [-0.39, 0.29) is 30.2 Å². The number of hydrogen-bond donors (Lipinski definition) is 0. The molecule has 28 heavy (non-hydrogen) atoms. The molecule has 1 heterocycles. The second-order valence-electron chi connectivity index (χ2n) is 6.52. The van der Waals surface area contributed by atoms with E-state index in [1.807, 2.05) is 0 Å². The molecule has 0 spiro atoms. The minimum absolute atomic E-state index is 0.0221. The van der Waals surface area contributed by atoms with E-state index >= 15 is 0 Å². The molecule has 0 aliphatic carbocycles. The summed E-state index contributed by atoms with van der Waals surface area (Å²) in [5, 5.41) is 0. The highest BCUT2D eigenvalue weighted by molar-refractivity contribution is 9.10. The molecule has 1 saturated heterocycles. The molecule has 3 rings (SSSR count). The monoisotopic (exact) mass is 480 g/mol. The molecule has 0 saturated carbocycles. The van der Waals surface area contributed by atoms with Crippen molar-refractivity contribution < 1.29 is 26.0 Å². The third-order valence-corrected chi connectivity index (χ3v) is 7.15. The van der Waals surface area contributed by atoms with Gasteiger partial charge in [-0.3, -0.25) is 0 Å². The first-order chi connectivity index (χ1) is 13.0. The van der Waals surface area contributed by atoms with Crippen molar-refractivity contribution in [3.05, 3.63) is 58.3 Å². The van der Waals surface area contributed by atoms with Crippen LogP contribution in [0.1, 0.15) is 12.5 Å². The Hall–Kier alpha value is -1.65. The second kappa shape index (κ2) is 7.64. The third-order valence-electron chi connectivity index (χ3n) is 4.59. The first-order valence-corrected chi connectivity index (χ1v) is 10.6. The SMILES string of the molecule is CC1CN(c2ccc(F)cc2C(F)(F)F)CCN1S(=O)(=O)c1ccc(Br)cc1. The van der Waals surface area contributed by atoms with E-state index in [1.54, 1.807) is 19.1 Å². The van der Waals surface area contributed by atoms with Gasteiger partial charge in [0, 0.05) is 35.8 Å². The normalized spacial score (nSPS) is 19.1. The van der Waals surface area contributed by atoms with Gasteiger partial charge in [0.1, 0.15) is 5.82 Å². The van der Waals surface area contributed by atoms with E-state index in [0.29, 0.717) is 6.07 Å². The lowest BCUT2D eigenvalue weighted by molar-refractivity contribution is -0.137. The zero-order valence-corrected chi connectivity index (χ0v) is 17.2. The van der Waals surface area contributed by atoms with E-state index < -0.39 is 33.6 Å². The molecule has 0 N–H and O–H groups in total. The Morgan fingerprint density at radius 3 is 2.29 bits per heavy atom. The molecule has 1 fully saturated rings. The summed E-state index contributed by atoms with van der Waals surface area (Å²) in [6, 6.07) is 8.13. The van der Waals surface area contributed by atoms with Crippen LogP contribution in [0.4, 0.5) is 23.2 Å². The van der Waals surface area contributed by atoms with Gasteiger partial charge in [-0.05, 0) is 49.4 Å². The number of anilines is 1. The standard InChI is InChI=1S/C18H17BrF4N2O2S/c1-12-11-24(17-7-4-14(20)10-16(17)18(21,22)23)8-9-25(12)28(26,27)15-5-2-13(19)3-6-15/h2-7,10,12H,8-9,11H2,1H3. The van der Waals surface area contributed by atoms with Gasteiger partial charge in [0.15, 0.2) is 0 Å². The molecule has 1 aliphatic heterocycles. The molecule has 0 amide bonds. The van der Waals surface area contributed by atoms with Crippen LogP contribution in [0.15, 0.2) is 51.8 Å². The summed E-state index contributed by atoms with van der Waals surface area (Å²) in [5.41, 5.74) is -1.22. The van der Waals surface area contributed by atoms with Crippen molar-refractivity contribution in [2.45, 2.75) is 24.0 Å². The van der Waals surface area contributed by atoms with Crippen molar-refractivity contribution in [1.29, 1.82) is 0 Å². The molecule has 0 bridgehead atoms. The molecule has 1 unspecified atom stereocenters. The molecule has 152 valence electrons. The number of sulfonamides is 1. The van der Waals surface area contributed by atoms with Gasteiger partial charge in [-0.15, -0.1) is 0 Å². The summed E-state index contributed by atoms with van der Waals surface area (Å²) >= 11 is 3.25. The highest BCUT2D eigenvalue weighted by Crippen LogP contribution is 2.38. The van der Waals surface area contributed by atoms with Crippen LogP contribution in [0, 0.1) is 5.82 Å². The van der Waals surface area contributed by atoms with Crippen LogP contribution in [0.2, 0.25) is 0 Å². The fraction of sp³-hybridized carbons (Fsp3) is 0.333. The van der Waals surface area contributed by atoms with Gasteiger partial charge < -0.3 is 4.90 Å². The van der Waals surface area contributed by atoms with E-state index in [4.69, 9.17) is 0 Å².